The van der Waals surface area contributed by atoms with E-state index in [-0.39, 0.29) is 0 Å². The summed E-state index contributed by atoms with van der Waals surface area (Å²) in [6.45, 7) is 2.18. The molecular formula is C18H22N2O. The van der Waals surface area contributed by atoms with E-state index in [4.69, 9.17) is 9.72 Å². The van der Waals surface area contributed by atoms with Gasteiger partial charge in [-0.2, -0.15) is 0 Å². The molecule has 0 saturated carbocycles. The molecule has 1 saturated heterocycles. The van der Waals surface area contributed by atoms with Gasteiger partial charge in [0.1, 0.15) is 5.75 Å². The second-order valence-electron chi connectivity index (χ2n) is 5.59. The molecule has 1 N–H and O–H groups in total. The number of ether oxygens (including phenoxy) is 1. The summed E-state index contributed by atoms with van der Waals surface area (Å²) in [5.41, 5.74) is 3.52. The van der Waals surface area contributed by atoms with Crippen LogP contribution in [-0.4, -0.2) is 25.2 Å². The minimum absolute atomic E-state index is 0.552. The van der Waals surface area contributed by atoms with E-state index in [1.807, 2.05) is 18.2 Å². The van der Waals surface area contributed by atoms with Crippen molar-refractivity contribution < 1.29 is 4.74 Å². The summed E-state index contributed by atoms with van der Waals surface area (Å²) < 4.78 is 5.43. The molecule has 0 radical (unpaired) electrons. The zero-order chi connectivity index (χ0) is 14.5. The first-order valence-electron chi connectivity index (χ1n) is 7.65. The fraction of sp³-hybridized carbons (Fsp3) is 0.389. The molecule has 110 valence electrons. The van der Waals surface area contributed by atoms with Gasteiger partial charge in [0.15, 0.2) is 0 Å². The smallest absolute Gasteiger partial charge is 0.122 e. The molecule has 0 spiro atoms. The lowest BCUT2D eigenvalue weighted by Crippen LogP contribution is -2.28. The van der Waals surface area contributed by atoms with E-state index in [1.165, 1.54) is 24.1 Å². The van der Waals surface area contributed by atoms with Crippen molar-refractivity contribution in [3.63, 3.8) is 0 Å². The number of aromatic nitrogens is 1. The van der Waals surface area contributed by atoms with E-state index in [0.717, 1.165) is 31.0 Å². The van der Waals surface area contributed by atoms with Crippen molar-refractivity contribution in [1.29, 1.82) is 0 Å². The van der Waals surface area contributed by atoms with Gasteiger partial charge in [0.25, 0.3) is 0 Å². The molecule has 3 nitrogen and oxygen atoms in total. The van der Waals surface area contributed by atoms with Crippen LogP contribution in [0.15, 0.2) is 42.5 Å². The van der Waals surface area contributed by atoms with E-state index >= 15 is 0 Å². The van der Waals surface area contributed by atoms with E-state index in [1.54, 1.807) is 7.11 Å². The van der Waals surface area contributed by atoms with E-state index in [0.29, 0.717) is 5.92 Å². The van der Waals surface area contributed by atoms with Crippen molar-refractivity contribution in [2.45, 2.75) is 25.2 Å². The highest BCUT2D eigenvalue weighted by Gasteiger charge is 2.16. The SMILES string of the molecule is COc1ccccc1Cc1cccc([C@H]2CCCNC2)n1. The van der Waals surface area contributed by atoms with E-state index in [2.05, 4.69) is 29.6 Å². The van der Waals surface area contributed by atoms with Gasteiger partial charge in [-0.3, -0.25) is 4.98 Å². The second-order valence-corrected chi connectivity index (χ2v) is 5.59. The lowest BCUT2D eigenvalue weighted by atomic mass is 9.95. The number of hydrogen-bond acceptors (Lipinski definition) is 3. The van der Waals surface area contributed by atoms with Crippen LogP contribution in [0.5, 0.6) is 5.75 Å². The molecule has 3 heteroatoms. The molecule has 1 aromatic heterocycles. The Morgan fingerprint density at radius 1 is 1.19 bits per heavy atom. The summed E-state index contributed by atoms with van der Waals surface area (Å²) in [6.07, 6.45) is 3.29. The highest BCUT2D eigenvalue weighted by Crippen LogP contribution is 2.24. The first kappa shape index (κ1) is 14.1. The third kappa shape index (κ3) is 3.42. The third-order valence-corrected chi connectivity index (χ3v) is 4.11. The number of nitrogens with zero attached hydrogens (tertiary/aromatic N) is 1. The summed E-state index contributed by atoms with van der Waals surface area (Å²) in [7, 11) is 1.72. The molecule has 0 unspecified atom stereocenters. The summed E-state index contributed by atoms with van der Waals surface area (Å²) in [5.74, 6) is 1.49. The zero-order valence-electron chi connectivity index (χ0n) is 12.5. The Labute approximate surface area is 126 Å². The van der Waals surface area contributed by atoms with Crippen molar-refractivity contribution in [1.82, 2.24) is 10.3 Å². The van der Waals surface area contributed by atoms with Gasteiger partial charge in [-0.05, 0) is 37.6 Å². The van der Waals surface area contributed by atoms with Crippen molar-refractivity contribution >= 4 is 0 Å². The Hall–Kier alpha value is -1.87. The number of rotatable bonds is 4. The van der Waals surface area contributed by atoms with Gasteiger partial charge in [0, 0.05) is 35.8 Å². The average Bonchev–Trinajstić information content (AvgIpc) is 2.56. The maximum atomic E-state index is 5.43. The summed E-state index contributed by atoms with van der Waals surface area (Å²) >= 11 is 0. The molecule has 2 aromatic rings. The van der Waals surface area contributed by atoms with Gasteiger partial charge >= 0.3 is 0 Å². The number of piperidine rings is 1. The summed E-state index contributed by atoms with van der Waals surface area (Å²) in [6, 6.07) is 14.5. The lowest BCUT2D eigenvalue weighted by Gasteiger charge is -2.22. The maximum absolute atomic E-state index is 5.43. The molecule has 2 heterocycles. The summed E-state index contributed by atoms with van der Waals surface area (Å²) in [5, 5.41) is 3.46. The Morgan fingerprint density at radius 3 is 2.90 bits per heavy atom. The van der Waals surface area contributed by atoms with Crippen molar-refractivity contribution in [2.75, 3.05) is 20.2 Å². The second kappa shape index (κ2) is 6.72. The van der Waals surface area contributed by atoms with Crippen molar-refractivity contribution in [3.05, 3.63) is 59.4 Å². The van der Waals surface area contributed by atoms with Gasteiger partial charge in [-0.1, -0.05) is 24.3 Å². The van der Waals surface area contributed by atoms with Crippen LogP contribution in [0.25, 0.3) is 0 Å². The van der Waals surface area contributed by atoms with Crippen LogP contribution in [0.3, 0.4) is 0 Å². The van der Waals surface area contributed by atoms with Crippen LogP contribution in [0, 0.1) is 0 Å². The van der Waals surface area contributed by atoms with Crippen LogP contribution in [0.4, 0.5) is 0 Å². The number of para-hydroxylation sites is 1. The molecular weight excluding hydrogens is 260 g/mol. The minimum atomic E-state index is 0.552. The molecule has 0 aliphatic carbocycles. The predicted octanol–water partition coefficient (Wildman–Crippen LogP) is 3.15. The number of methoxy groups -OCH3 is 1. The lowest BCUT2D eigenvalue weighted by molar-refractivity contribution is 0.410. The molecule has 21 heavy (non-hydrogen) atoms. The van der Waals surface area contributed by atoms with Gasteiger partial charge in [0.05, 0.1) is 7.11 Å². The normalized spacial score (nSPS) is 18.4. The van der Waals surface area contributed by atoms with Crippen LogP contribution in [-0.2, 0) is 6.42 Å². The van der Waals surface area contributed by atoms with E-state index in [9.17, 15) is 0 Å². The standard InChI is InChI=1S/C18H22N2O/c1-21-18-10-3-2-6-14(18)12-16-8-4-9-17(20-16)15-7-5-11-19-13-15/h2-4,6,8-10,15,19H,5,7,11-13H2,1H3/t15-/m0/s1. The summed E-state index contributed by atoms with van der Waals surface area (Å²) in [4.78, 5) is 4.87. The number of pyridine rings is 1. The fourth-order valence-corrected chi connectivity index (χ4v) is 2.97. The maximum Gasteiger partial charge on any atom is 0.122 e. The monoisotopic (exact) mass is 282 g/mol. The highest BCUT2D eigenvalue weighted by molar-refractivity contribution is 5.36. The Balaban J connectivity index is 1.79. The third-order valence-electron chi connectivity index (χ3n) is 4.11. The van der Waals surface area contributed by atoms with Gasteiger partial charge < -0.3 is 10.1 Å². The molecule has 1 atom stereocenters. The molecule has 3 rings (SSSR count). The molecule has 0 bridgehead atoms. The highest BCUT2D eigenvalue weighted by atomic mass is 16.5. The van der Waals surface area contributed by atoms with Crippen LogP contribution < -0.4 is 10.1 Å². The number of hydrogen-bond donors (Lipinski definition) is 1. The van der Waals surface area contributed by atoms with Crippen LogP contribution in [0.2, 0.25) is 0 Å². The topological polar surface area (TPSA) is 34.1 Å². The Morgan fingerprint density at radius 2 is 2.10 bits per heavy atom. The van der Waals surface area contributed by atoms with Gasteiger partial charge in [-0.25, -0.2) is 0 Å². The molecule has 1 aliphatic rings. The van der Waals surface area contributed by atoms with Crippen LogP contribution in [0.1, 0.15) is 35.7 Å². The molecule has 1 fully saturated rings. The van der Waals surface area contributed by atoms with E-state index < -0.39 is 0 Å². The quantitative estimate of drug-likeness (QED) is 0.935. The molecule has 0 amide bonds. The Kier molecular flexibility index (Phi) is 4.51. The number of benzene rings is 1. The predicted molar refractivity (Wildman–Crippen MR) is 84.9 cm³/mol. The van der Waals surface area contributed by atoms with Crippen LogP contribution >= 0.6 is 0 Å². The first-order valence-corrected chi connectivity index (χ1v) is 7.65. The fourth-order valence-electron chi connectivity index (χ4n) is 2.97. The van der Waals surface area contributed by atoms with Crippen molar-refractivity contribution in [2.24, 2.45) is 0 Å². The largest absolute Gasteiger partial charge is 0.496 e. The Bertz CT molecular complexity index is 591. The number of nitrogens with one attached hydrogen (secondary N) is 1. The minimum Gasteiger partial charge on any atom is -0.496 e. The average molecular weight is 282 g/mol. The first-order chi connectivity index (χ1) is 10.4. The van der Waals surface area contributed by atoms with Crippen molar-refractivity contribution in [3.8, 4) is 5.75 Å². The molecule has 1 aromatic carbocycles. The zero-order valence-corrected chi connectivity index (χ0v) is 12.5. The van der Waals surface area contributed by atoms with Gasteiger partial charge in [-0.15, -0.1) is 0 Å². The van der Waals surface area contributed by atoms with Gasteiger partial charge in [0.2, 0.25) is 0 Å². The molecule has 1 aliphatic heterocycles.